The van der Waals surface area contributed by atoms with E-state index in [1.165, 1.54) is 6.07 Å². The van der Waals surface area contributed by atoms with Gasteiger partial charge in [0.1, 0.15) is 23.1 Å². The zero-order valence-electron chi connectivity index (χ0n) is 10.3. The Kier molecular flexibility index (Phi) is 6.50. The predicted octanol–water partition coefficient (Wildman–Crippen LogP) is 1.79. The molecule has 108 valence electrons. The summed E-state index contributed by atoms with van der Waals surface area (Å²) in [5.74, 6) is -0.713. The van der Waals surface area contributed by atoms with Crippen LogP contribution >= 0.6 is 10.7 Å². The van der Waals surface area contributed by atoms with Crippen LogP contribution in [0.15, 0.2) is 23.1 Å². The van der Waals surface area contributed by atoms with Crippen LogP contribution in [0.3, 0.4) is 0 Å². The summed E-state index contributed by atoms with van der Waals surface area (Å²) in [4.78, 5) is -0.397. The largest absolute Gasteiger partial charge is 0.490 e. The van der Waals surface area contributed by atoms with Crippen LogP contribution in [-0.4, -0.2) is 42.0 Å². The van der Waals surface area contributed by atoms with Crippen LogP contribution in [0.25, 0.3) is 0 Å². The van der Waals surface area contributed by atoms with E-state index in [4.69, 9.17) is 24.9 Å². The number of hydrogen-bond acceptors (Lipinski definition) is 5. The maximum atomic E-state index is 13.0. The maximum Gasteiger partial charge on any atom is 0.265 e. The lowest BCUT2D eigenvalue weighted by Gasteiger charge is -2.10. The molecule has 1 aromatic carbocycles. The maximum absolute atomic E-state index is 13.0. The summed E-state index contributed by atoms with van der Waals surface area (Å²) in [5, 5.41) is 0. The average molecular weight is 313 g/mol. The van der Waals surface area contributed by atoms with Gasteiger partial charge in [0.15, 0.2) is 0 Å². The van der Waals surface area contributed by atoms with Crippen molar-refractivity contribution >= 4 is 19.7 Å². The summed E-state index contributed by atoms with van der Waals surface area (Å²) >= 11 is 0. The van der Waals surface area contributed by atoms with Crippen molar-refractivity contribution in [3.05, 3.63) is 24.0 Å². The molecule has 0 saturated heterocycles. The monoisotopic (exact) mass is 312 g/mol. The van der Waals surface area contributed by atoms with Crippen molar-refractivity contribution in [2.24, 2.45) is 0 Å². The van der Waals surface area contributed by atoms with E-state index in [2.05, 4.69) is 0 Å². The van der Waals surface area contributed by atoms with Crippen molar-refractivity contribution < 1.29 is 27.0 Å². The fraction of sp³-hybridized carbons (Fsp3) is 0.455. The van der Waals surface area contributed by atoms with E-state index in [0.29, 0.717) is 13.2 Å². The van der Waals surface area contributed by atoms with Crippen LogP contribution in [0.1, 0.15) is 0 Å². The van der Waals surface area contributed by atoms with Crippen LogP contribution in [0, 0.1) is 5.82 Å². The third kappa shape index (κ3) is 5.73. The lowest BCUT2D eigenvalue weighted by molar-refractivity contribution is 0.0539. The molecule has 8 heteroatoms. The summed E-state index contributed by atoms with van der Waals surface area (Å²) in [7, 11) is 2.69. The zero-order chi connectivity index (χ0) is 14.3. The molecule has 1 aromatic rings. The van der Waals surface area contributed by atoms with E-state index >= 15 is 0 Å². The van der Waals surface area contributed by atoms with Gasteiger partial charge in [0.25, 0.3) is 9.05 Å². The molecule has 0 radical (unpaired) electrons. The molecule has 0 bridgehead atoms. The second-order valence-corrected chi connectivity index (χ2v) is 6.02. The smallest absolute Gasteiger partial charge is 0.265 e. The first kappa shape index (κ1) is 16.2. The highest BCUT2D eigenvalue weighted by atomic mass is 35.7. The number of methoxy groups -OCH3 is 1. The lowest BCUT2D eigenvalue weighted by Crippen LogP contribution is -2.11. The molecule has 0 aliphatic heterocycles. The van der Waals surface area contributed by atoms with E-state index in [0.717, 1.165) is 12.1 Å². The highest BCUT2D eigenvalue weighted by molar-refractivity contribution is 8.13. The summed E-state index contributed by atoms with van der Waals surface area (Å²) in [5.41, 5.74) is 0. The average Bonchev–Trinajstić information content (AvgIpc) is 2.34. The number of hydrogen-bond donors (Lipinski definition) is 0. The van der Waals surface area contributed by atoms with Gasteiger partial charge in [-0.3, -0.25) is 0 Å². The third-order valence-corrected chi connectivity index (χ3v) is 3.43. The molecular weight excluding hydrogens is 299 g/mol. The Bertz CT molecular complexity index is 506. The molecule has 0 fully saturated rings. The predicted molar refractivity (Wildman–Crippen MR) is 67.6 cm³/mol. The van der Waals surface area contributed by atoms with Crippen LogP contribution in [0.4, 0.5) is 4.39 Å². The van der Waals surface area contributed by atoms with E-state index in [9.17, 15) is 12.8 Å². The van der Waals surface area contributed by atoms with Crippen molar-refractivity contribution in [1.82, 2.24) is 0 Å². The van der Waals surface area contributed by atoms with Crippen LogP contribution in [0.5, 0.6) is 5.75 Å². The van der Waals surface area contributed by atoms with Crippen LogP contribution < -0.4 is 4.74 Å². The van der Waals surface area contributed by atoms with Crippen molar-refractivity contribution in [3.63, 3.8) is 0 Å². The number of benzene rings is 1. The van der Waals surface area contributed by atoms with E-state index in [-0.39, 0.29) is 19.0 Å². The molecule has 5 nitrogen and oxygen atoms in total. The SMILES string of the molecule is COCCOCCOc1ccc(F)cc1S(=O)(=O)Cl. The fourth-order valence-electron chi connectivity index (χ4n) is 1.25. The molecule has 0 aliphatic carbocycles. The second-order valence-electron chi connectivity index (χ2n) is 3.48. The molecule has 0 saturated carbocycles. The second kappa shape index (κ2) is 7.64. The van der Waals surface area contributed by atoms with Gasteiger partial charge in [-0.05, 0) is 18.2 Å². The van der Waals surface area contributed by atoms with E-state index in [1.54, 1.807) is 7.11 Å². The Labute approximate surface area is 115 Å². The van der Waals surface area contributed by atoms with E-state index in [1.807, 2.05) is 0 Å². The van der Waals surface area contributed by atoms with Gasteiger partial charge in [0, 0.05) is 17.8 Å². The molecule has 0 amide bonds. The van der Waals surface area contributed by atoms with Gasteiger partial charge in [-0.15, -0.1) is 0 Å². The zero-order valence-corrected chi connectivity index (χ0v) is 11.8. The first-order valence-electron chi connectivity index (χ1n) is 5.39. The normalized spacial score (nSPS) is 11.5. The van der Waals surface area contributed by atoms with Gasteiger partial charge < -0.3 is 14.2 Å². The van der Waals surface area contributed by atoms with Gasteiger partial charge in [0.2, 0.25) is 0 Å². The van der Waals surface area contributed by atoms with Crippen LogP contribution in [-0.2, 0) is 18.5 Å². The minimum Gasteiger partial charge on any atom is -0.490 e. The summed E-state index contributed by atoms with van der Waals surface area (Å²) < 4.78 is 50.6. The van der Waals surface area contributed by atoms with Gasteiger partial charge in [-0.2, -0.15) is 0 Å². The Balaban J connectivity index is 2.59. The van der Waals surface area contributed by atoms with E-state index < -0.39 is 19.8 Å². The minimum absolute atomic E-state index is 0.00765. The molecule has 0 heterocycles. The molecule has 0 aromatic heterocycles. The van der Waals surface area contributed by atoms with Gasteiger partial charge in [-0.25, -0.2) is 12.8 Å². The molecule has 0 spiro atoms. The Morgan fingerprint density at radius 2 is 1.89 bits per heavy atom. The summed E-state index contributed by atoms with van der Waals surface area (Å²) in [6, 6.07) is 3.11. The molecule has 0 N–H and O–H groups in total. The van der Waals surface area contributed by atoms with Gasteiger partial charge in [0.05, 0.1) is 19.8 Å². The van der Waals surface area contributed by atoms with Crippen molar-refractivity contribution in [2.75, 3.05) is 33.5 Å². The third-order valence-electron chi connectivity index (χ3n) is 2.09. The fourth-order valence-corrected chi connectivity index (χ4v) is 2.23. The highest BCUT2D eigenvalue weighted by Crippen LogP contribution is 2.27. The molecular formula is C11H14ClFO5S. The summed E-state index contributed by atoms with van der Waals surface area (Å²) in [6.07, 6.45) is 0. The van der Waals surface area contributed by atoms with Crippen molar-refractivity contribution in [2.45, 2.75) is 4.90 Å². The van der Waals surface area contributed by atoms with Crippen LogP contribution in [0.2, 0.25) is 0 Å². The quantitative estimate of drug-likeness (QED) is 0.541. The van der Waals surface area contributed by atoms with Gasteiger partial charge >= 0.3 is 0 Å². The molecule has 0 unspecified atom stereocenters. The Morgan fingerprint density at radius 3 is 2.53 bits per heavy atom. The van der Waals surface area contributed by atoms with Gasteiger partial charge in [-0.1, -0.05) is 0 Å². The minimum atomic E-state index is -4.06. The first-order valence-corrected chi connectivity index (χ1v) is 7.70. The topological polar surface area (TPSA) is 61.8 Å². The number of halogens is 2. The molecule has 0 atom stereocenters. The first-order chi connectivity index (χ1) is 8.95. The molecule has 0 aliphatic rings. The Hall–Kier alpha value is -0.890. The highest BCUT2D eigenvalue weighted by Gasteiger charge is 2.17. The van der Waals surface area contributed by atoms with Crippen molar-refractivity contribution in [1.29, 1.82) is 0 Å². The lowest BCUT2D eigenvalue weighted by atomic mass is 10.3. The molecule has 19 heavy (non-hydrogen) atoms. The standard InChI is InChI=1S/C11H14ClFO5S/c1-16-4-5-17-6-7-18-10-3-2-9(13)8-11(10)19(12,14)15/h2-3,8H,4-7H2,1H3. The summed E-state index contributed by atoms with van der Waals surface area (Å²) in [6.45, 7) is 1.24. The number of ether oxygens (including phenoxy) is 3. The Morgan fingerprint density at radius 1 is 1.21 bits per heavy atom. The number of rotatable bonds is 8. The van der Waals surface area contributed by atoms with Crippen molar-refractivity contribution in [3.8, 4) is 5.75 Å². The molecule has 1 rings (SSSR count).